The minimum atomic E-state index is 0.605. The molecule has 2 nitrogen and oxygen atoms in total. The van der Waals surface area contributed by atoms with Crippen molar-refractivity contribution in [1.29, 1.82) is 0 Å². The van der Waals surface area contributed by atoms with Crippen LogP contribution < -0.4 is 5.73 Å². The zero-order valence-corrected chi connectivity index (χ0v) is 10.5. The molecule has 1 aliphatic carbocycles. The fraction of sp³-hybridized carbons (Fsp3) is 0.357. The number of thiazole rings is 1. The molecule has 3 heteroatoms. The summed E-state index contributed by atoms with van der Waals surface area (Å²) in [7, 11) is 0. The van der Waals surface area contributed by atoms with Gasteiger partial charge in [0.15, 0.2) is 5.13 Å². The normalized spacial score (nSPS) is 24.0. The quantitative estimate of drug-likeness (QED) is 0.873. The third-order valence-corrected chi connectivity index (χ3v) is 4.35. The molecular weight excluding hydrogens is 228 g/mol. The standard InChI is InChI=1S/C14H16N2S/c15-14-16-13(9-17-14)12-7-6-11(8-12)10-4-2-1-3-5-10/h1-5,9,11-12H,6-8H2,(H2,15,16)/t11-,12-/m1/s1. The van der Waals surface area contributed by atoms with Gasteiger partial charge in [-0.25, -0.2) is 4.98 Å². The van der Waals surface area contributed by atoms with Gasteiger partial charge in [-0.15, -0.1) is 11.3 Å². The van der Waals surface area contributed by atoms with Crippen LogP contribution in [0.1, 0.15) is 42.4 Å². The maximum absolute atomic E-state index is 5.70. The summed E-state index contributed by atoms with van der Waals surface area (Å²) in [5.74, 6) is 1.30. The number of aromatic nitrogens is 1. The average Bonchev–Trinajstić information content (AvgIpc) is 2.98. The molecule has 0 saturated heterocycles. The molecule has 1 aromatic carbocycles. The van der Waals surface area contributed by atoms with Crippen LogP contribution in [0.5, 0.6) is 0 Å². The van der Waals surface area contributed by atoms with Crippen LogP contribution in [0, 0.1) is 0 Å². The molecule has 0 aliphatic heterocycles. The van der Waals surface area contributed by atoms with Crippen molar-refractivity contribution in [2.75, 3.05) is 5.73 Å². The molecule has 0 bridgehead atoms. The van der Waals surface area contributed by atoms with E-state index < -0.39 is 0 Å². The number of nitrogens with zero attached hydrogens (tertiary/aromatic N) is 1. The molecular formula is C14H16N2S. The Labute approximate surface area is 106 Å². The van der Waals surface area contributed by atoms with Crippen LogP contribution in [0.15, 0.2) is 35.7 Å². The predicted octanol–water partition coefficient (Wildman–Crippen LogP) is 3.78. The summed E-state index contributed by atoms with van der Waals surface area (Å²) < 4.78 is 0. The number of hydrogen-bond donors (Lipinski definition) is 1. The molecule has 17 heavy (non-hydrogen) atoms. The molecule has 0 amide bonds. The van der Waals surface area contributed by atoms with Gasteiger partial charge in [0.25, 0.3) is 0 Å². The lowest BCUT2D eigenvalue weighted by molar-refractivity contribution is 0.674. The van der Waals surface area contributed by atoms with Crippen molar-refractivity contribution in [2.24, 2.45) is 0 Å². The largest absolute Gasteiger partial charge is 0.375 e. The Morgan fingerprint density at radius 2 is 1.88 bits per heavy atom. The van der Waals surface area contributed by atoms with E-state index in [1.807, 2.05) is 0 Å². The number of hydrogen-bond acceptors (Lipinski definition) is 3. The first-order chi connectivity index (χ1) is 8.33. The molecule has 2 atom stereocenters. The van der Waals surface area contributed by atoms with E-state index in [0.29, 0.717) is 17.0 Å². The number of nitrogen functional groups attached to an aromatic ring is 1. The minimum absolute atomic E-state index is 0.605. The SMILES string of the molecule is Nc1nc([C@@H]2CC[C@@H](c3ccccc3)C2)cs1. The van der Waals surface area contributed by atoms with Crippen molar-refractivity contribution in [3.05, 3.63) is 47.0 Å². The first-order valence-corrected chi connectivity index (χ1v) is 6.97. The van der Waals surface area contributed by atoms with Crippen molar-refractivity contribution < 1.29 is 0 Å². The second-order valence-corrected chi connectivity index (χ2v) is 5.62. The van der Waals surface area contributed by atoms with Crippen molar-refractivity contribution in [3.63, 3.8) is 0 Å². The summed E-state index contributed by atoms with van der Waals surface area (Å²) in [5.41, 5.74) is 8.37. The van der Waals surface area contributed by atoms with Gasteiger partial charge >= 0.3 is 0 Å². The number of anilines is 1. The van der Waals surface area contributed by atoms with Gasteiger partial charge in [-0.2, -0.15) is 0 Å². The zero-order valence-electron chi connectivity index (χ0n) is 9.67. The highest BCUT2D eigenvalue weighted by atomic mass is 32.1. The molecule has 1 saturated carbocycles. The topological polar surface area (TPSA) is 38.9 Å². The third-order valence-electron chi connectivity index (χ3n) is 3.66. The monoisotopic (exact) mass is 244 g/mol. The summed E-state index contributed by atoms with van der Waals surface area (Å²) >= 11 is 1.55. The Morgan fingerprint density at radius 1 is 1.12 bits per heavy atom. The van der Waals surface area contributed by atoms with Gasteiger partial charge in [0.05, 0.1) is 5.69 Å². The molecule has 2 N–H and O–H groups in total. The van der Waals surface area contributed by atoms with Crippen LogP contribution in [0.25, 0.3) is 0 Å². The van der Waals surface area contributed by atoms with Crippen molar-refractivity contribution in [1.82, 2.24) is 4.98 Å². The fourth-order valence-electron chi connectivity index (χ4n) is 2.77. The maximum Gasteiger partial charge on any atom is 0.180 e. The molecule has 0 radical (unpaired) electrons. The smallest absolute Gasteiger partial charge is 0.180 e. The second kappa shape index (κ2) is 4.49. The summed E-state index contributed by atoms with van der Waals surface area (Å²) in [5, 5.41) is 2.82. The highest BCUT2D eigenvalue weighted by Gasteiger charge is 2.28. The molecule has 2 aromatic rings. The van der Waals surface area contributed by atoms with Gasteiger partial charge < -0.3 is 5.73 Å². The molecule has 1 aliphatic rings. The van der Waals surface area contributed by atoms with E-state index in [0.717, 1.165) is 0 Å². The molecule has 1 fully saturated rings. The highest BCUT2D eigenvalue weighted by molar-refractivity contribution is 7.13. The lowest BCUT2D eigenvalue weighted by Gasteiger charge is -2.10. The van der Waals surface area contributed by atoms with Gasteiger partial charge in [-0.05, 0) is 30.7 Å². The first-order valence-electron chi connectivity index (χ1n) is 6.09. The van der Waals surface area contributed by atoms with Crippen LogP contribution in [0.2, 0.25) is 0 Å². The van der Waals surface area contributed by atoms with E-state index in [-0.39, 0.29) is 0 Å². The van der Waals surface area contributed by atoms with Crippen molar-refractivity contribution in [3.8, 4) is 0 Å². The number of rotatable bonds is 2. The Balaban J connectivity index is 1.74. The number of nitrogens with two attached hydrogens (primary N) is 1. The molecule has 0 spiro atoms. The third kappa shape index (κ3) is 2.20. The van der Waals surface area contributed by atoms with E-state index >= 15 is 0 Å². The lowest BCUT2D eigenvalue weighted by atomic mass is 9.96. The van der Waals surface area contributed by atoms with E-state index in [4.69, 9.17) is 5.73 Å². The van der Waals surface area contributed by atoms with Crippen LogP contribution in [0.4, 0.5) is 5.13 Å². The second-order valence-electron chi connectivity index (χ2n) is 4.73. The van der Waals surface area contributed by atoms with Crippen LogP contribution in [0.3, 0.4) is 0 Å². The van der Waals surface area contributed by atoms with E-state index in [1.165, 1.54) is 30.5 Å². The highest BCUT2D eigenvalue weighted by Crippen LogP contribution is 2.43. The molecule has 88 valence electrons. The van der Waals surface area contributed by atoms with Gasteiger partial charge in [0, 0.05) is 11.3 Å². The maximum atomic E-state index is 5.70. The van der Waals surface area contributed by atoms with Crippen LogP contribution >= 0.6 is 11.3 Å². The van der Waals surface area contributed by atoms with Crippen molar-refractivity contribution >= 4 is 16.5 Å². The summed E-state index contributed by atoms with van der Waals surface area (Å²) in [6.45, 7) is 0. The van der Waals surface area contributed by atoms with Crippen LogP contribution in [-0.2, 0) is 0 Å². The van der Waals surface area contributed by atoms with E-state index in [9.17, 15) is 0 Å². The molecule has 0 unspecified atom stereocenters. The van der Waals surface area contributed by atoms with Gasteiger partial charge in [0.2, 0.25) is 0 Å². The van der Waals surface area contributed by atoms with Crippen LogP contribution in [-0.4, -0.2) is 4.98 Å². The lowest BCUT2D eigenvalue weighted by Crippen LogP contribution is -1.96. The molecule has 1 aromatic heterocycles. The Kier molecular flexibility index (Phi) is 2.85. The van der Waals surface area contributed by atoms with Gasteiger partial charge in [-0.3, -0.25) is 0 Å². The Bertz CT molecular complexity index is 492. The summed E-state index contributed by atoms with van der Waals surface area (Å²) in [6, 6.07) is 10.8. The summed E-state index contributed by atoms with van der Waals surface area (Å²) in [4.78, 5) is 4.42. The van der Waals surface area contributed by atoms with Gasteiger partial charge in [-0.1, -0.05) is 30.3 Å². The first kappa shape index (κ1) is 10.8. The summed E-state index contributed by atoms with van der Waals surface area (Å²) in [6.07, 6.45) is 3.72. The van der Waals surface area contributed by atoms with Crippen molar-refractivity contribution in [2.45, 2.75) is 31.1 Å². The van der Waals surface area contributed by atoms with E-state index in [2.05, 4.69) is 40.7 Å². The zero-order chi connectivity index (χ0) is 11.7. The Hall–Kier alpha value is -1.35. The number of benzene rings is 1. The molecule has 1 heterocycles. The predicted molar refractivity (Wildman–Crippen MR) is 72.3 cm³/mol. The average molecular weight is 244 g/mol. The molecule has 3 rings (SSSR count). The fourth-order valence-corrected chi connectivity index (χ4v) is 3.41. The Morgan fingerprint density at radius 3 is 2.59 bits per heavy atom. The minimum Gasteiger partial charge on any atom is -0.375 e. The van der Waals surface area contributed by atoms with E-state index in [1.54, 1.807) is 11.3 Å². The van der Waals surface area contributed by atoms with Gasteiger partial charge in [0.1, 0.15) is 0 Å².